The molecule has 0 aromatic heterocycles. The average molecular weight is 266 g/mol. The number of rotatable bonds is 6. The fourth-order valence-electron chi connectivity index (χ4n) is 2.00. The third kappa shape index (κ3) is 3.94. The lowest BCUT2D eigenvalue weighted by Gasteiger charge is -2.15. The second kappa shape index (κ2) is 7.12. The van der Waals surface area contributed by atoms with Gasteiger partial charge in [-0.25, -0.2) is 0 Å². The first-order chi connectivity index (χ1) is 9.01. The Labute approximate surface area is 114 Å². The molecular formula is C15H22O4. The molecule has 0 amide bonds. The van der Waals surface area contributed by atoms with Crippen LogP contribution in [0.4, 0.5) is 0 Å². The maximum Gasteiger partial charge on any atom is 0.312 e. The molecule has 1 aliphatic carbocycles. The first-order valence-electron chi connectivity index (χ1n) is 6.74. The summed E-state index contributed by atoms with van der Waals surface area (Å²) in [7, 11) is 0. The van der Waals surface area contributed by atoms with E-state index < -0.39 is 0 Å². The highest BCUT2D eigenvalue weighted by molar-refractivity contribution is 5.78. The molecule has 4 heteroatoms. The van der Waals surface area contributed by atoms with Crippen LogP contribution in [0.25, 0.3) is 0 Å². The third-order valence-electron chi connectivity index (χ3n) is 3.31. The zero-order valence-corrected chi connectivity index (χ0v) is 12.1. The molecule has 0 aliphatic heterocycles. The lowest BCUT2D eigenvalue weighted by molar-refractivity contribution is -0.146. The molecule has 0 bridgehead atoms. The molecular weight excluding hydrogens is 244 g/mol. The number of carbonyl (C=O) groups is 2. The minimum atomic E-state index is -0.261. The maximum atomic E-state index is 11.7. The summed E-state index contributed by atoms with van der Waals surface area (Å²) >= 11 is 0. The Morgan fingerprint density at radius 3 is 1.68 bits per heavy atom. The molecule has 0 radical (unpaired) electrons. The molecule has 0 saturated heterocycles. The van der Waals surface area contributed by atoms with E-state index >= 15 is 0 Å². The van der Waals surface area contributed by atoms with E-state index in [2.05, 4.69) is 0 Å². The van der Waals surface area contributed by atoms with E-state index in [0.717, 1.165) is 11.1 Å². The Kier molecular flexibility index (Phi) is 5.80. The van der Waals surface area contributed by atoms with Gasteiger partial charge in [-0.3, -0.25) is 9.59 Å². The van der Waals surface area contributed by atoms with Crippen LogP contribution in [0.3, 0.4) is 0 Å². The second-order valence-electron chi connectivity index (χ2n) is 4.61. The SMILES string of the molecule is CCOC(=O)[C@@H](C)C1=CC=C([C@H](C)C(=O)OCC)C1. The van der Waals surface area contributed by atoms with Crippen LogP contribution in [-0.4, -0.2) is 25.2 Å². The standard InChI is InChI=1S/C15H22O4/c1-5-18-14(16)10(3)12-7-8-13(9-12)11(4)15(17)19-6-2/h7-8,10-11H,5-6,9H2,1-4H3/t10-,11-/m0/s1. The highest BCUT2D eigenvalue weighted by atomic mass is 16.5. The quantitative estimate of drug-likeness (QED) is 0.693. The minimum absolute atomic E-state index is 0.216. The van der Waals surface area contributed by atoms with Crippen molar-refractivity contribution < 1.29 is 19.1 Å². The third-order valence-corrected chi connectivity index (χ3v) is 3.31. The lowest BCUT2D eigenvalue weighted by Crippen LogP contribution is -2.19. The van der Waals surface area contributed by atoms with Gasteiger partial charge in [0.15, 0.2) is 0 Å². The Hall–Kier alpha value is -1.58. The van der Waals surface area contributed by atoms with Crippen LogP contribution in [0.1, 0.15) is 34.1 Å². The number of ether oxygens (including phenoxy) is 2. The topological polar surface area (TPSA) is 52.6 Å². The fraction of sp³-hybridized carbons (Fsp3) is 0.600. The first-order valence-corrected chi connectivity index (χ1v) is 6.74. The van der Waals surface area contributed by atoms with Gasteiger partial charge in [0.05, 0.1) is 25.0 Å². The average Bonchev–Trinajstić information content (AvgIpc) is 2.87. The van der Waals surface area contributed by atoms with Crippen LogP contribution in [0.5, 0.6) is 0 Å². The monoisotopic (exact) mass is 266 g/mol. The van der Waals surface area contributed by atoms with Gasteiger partial charge in [-0.2, -0.15) is 0 Å². The second-order valence-corrected chi connectivity index (χ2v) is 4.61. The zero-order valence-electron chi connectivity index (χ0n) is 12.1. The molecule has 0 saturated carbocycles. The Morgan fingerprint density at radius 2 is 1.37 bits per heavy atom. The molecule has 4 nitrogen and oxygen atoms in total. The van der Waals surface area contributed by atoms with Crippen LogP contribution in [0.15, 0.2) is 23.3 Å². The van der Waals surface area contributed by atoms with Gasteiger partial charge in [0.2, 0.25) is 0 Å². The van der Waals surface area contributed by atoms with E-state index in [-0.39, 0.29) is 23.8 Å². The summed E-state index contributed by atoms with van der Waals surface area (Å²) in [5, 5.41) is 0. The van der Waals surface area contributed by atoms with Crippen molar-refractivity contribution in [3.63, 3.8) is 0 Å². The zero-order chi connectivity index (χ0) is 14.4. The van der Waals surface area contributed by atoms with Crippen LogP contribution in [0.2, 0.25) is 0 Å². The van der Waals surface area contributed by atoms with Crippen molar-refractivity contribution in [1.29, 1.82) is 0 Å². The van der Waals surface area contributed by atoms with Gasteiger partial charge in [0.25, 0.3) is 0 Å². The van der Waals surface area contributed by atoms with E-state index in [0.29, 0.717) is 19.6 Å². The summed E-state index contributed by atoms with van der Waals surface area (Å²) in [4.78, 5) is 23.3. The number of hydrogen-bond donors (Lipinski definition) is 0. The Bertz CT molecular complexity index is 368. The highest BCUT2D eigenvalue weighted by Gasteiger charge is 2.26. The van der Waals surface area contributed by atoms with Crippen LogP contribution in [0, 0.1) is 11.8 Å². The molecule has 0 fully saturated rings. The molecule has 0 heterocycles. The number of carbonyl (C=O) groups excluding carboxylic acids is 2. The van der Waals surface area contributed by atoms with Gasteiger partial charge in [-0.15, -0.1) is 0 Å². The molecule has 1 aliphatic rings. The van der Waals surface area contributed by atoms with Crippen LogP contribution < -0.4 is 0 Å². The molecule has 0 spiro atoms. The van der Waals surface area contributed by atoms with Crippen molar-refractivity contribution in [1.82, 2.24) is 0 Å². The smallest absolute Gasteiger partial charge is 0.312 e. The molecule has 2 atom stereocenters. The molecule has 0 aromatic carbocycles. The van der Waals surface area contributed by atoms with Crippen LogP contribution in [-0.2, 0) is 19.1 Å². The Balaban J connectivity index is 2.56. The summed E-state index contributed by atoms with van der Waals surface area (Å²) in [6.07, 6.45) is 4.46. The fourth-order valence-corrected chi connectivity index (χ4v) is 2.00. The normalized spacial score (nSPS) is 17.3. The Morgan fingerprint density at radius 1 is 1.00 bits per heavy atom. The van der Waals surface area contributed by atoms with E-state index in [9.17, 15) is 9.59 Å². The van der Waals surface area contributed by atoms with Crippen molar-refractivity contribution in [2.45, 2.75) is 34.1 Å². The van der Waals surface area contributed by atoms with Gasteiger partial charge in [-0.1, -0.05) is 23.3 Å². The molecule has 0 aromatic rings. The number of esters is 2. The largest absolute Gasteiger partial charge is 0.466 e. The molecule has 106 valence electrons. The van der Waals surface area contributed by atoms with Crippen molar-refractivity contribution in [3.05, 3.63) is 23.3 Å². The van der Waals surface area contributed by atoms with Gasteiger partial charge in [-0.05, 0) is 34.1 Å². The van der Waals surface area contributed by atoms with E-state index in [1.165, 1.54) is 0 Å². The van der Waals surface area contributed by atoms with Crippen molar-refractivity contribution >= 4 is 11.9 Å². The summed E-state index contributed by atoms with van der Waals surface area (Å²) in [6, 6.07) is 0. The van der Waals surface area contributed by atoms with Crippen molar-refractivity contribution in [3.8, 4) is 0 Å². The molecule has 0 unspecified atom stereocenters. The highest BCUT2D eigenvalue weighted by Crippen LogP contribution is 2.31. The van der Waals surface area contributed by atoms with E-state index in [4.69, 9.17) is 9.47 Å². The summed E-state index contributed by atoms with van der Waals surface area (Å²) in [6.45, 7) is 8.01. The molecule has 1 rings (SSSR count). The predicted molar refractivity (Wildman–Crippen MR) is 72.4 cm³/mol. The molecule has 19 heavy (non-hydrogen) atoms. The van der Waals surface area contributed by atoms with Crippen LogP contribution >= 0.6 is 0 Å². The van der Waals surface area contributed by atoms with Gasteiger partial charge < -0.3 is 9.47 Å². The molecule has 0 N–H and O–H groups in total. The predicted octanol–water partition coefficient (Wildman–Crippen LogP) is 2.64. The summed E-state index contributed by atoms with van der Waals surface area (Å²) in [5.41, 5.74) is 1.98. The number of hydrogen-bond acceptors (Lipinski definition) is 4. The van der Waals surface area contributed by atoms with Crippen molar-refractivity contribution in [2.75, 3.05) is 13.2 Å². The lowest BCUT2D eigenvalue weighted by atomic mass is 9.93. The minimum Gasteiger partial charge on any atom is -0.466 e. The van der Waals surface area contributed by atoms with Gasteiger partial charge >= 0.3 is 11.9 Å². The first kappa shape index (κ1) is 15.5. The maximum absolute atomic E-state index is 11.7. The summed E-state index contributed by atoms with van der Waals surface area (Å²) < 4.78 is 10.0. The van der Waals surface area contributed by atoms with Gasteiger partial charge in [0, 0.05) is 0 Å². The van der Waals surface area contributed by atoms with E-state index in [1.807, 2.05) is 26.0 Å². The van der Waals surface area contributed by atoms with Gasteiger partial charge in [0.1, 0.15) is 0 Å². The van der Waals surface area contributed by atoms with Crippen molar-refractivity contribution in [2.24, 2.45) is 11.8 Å². The van der Waals surface area contributed by atoms with E-state index in [1.54, 1.807) is 13.8 Å². The summed E-state index contributed by atoms with van der Waals surface area (Å²) in [5.74, 6) is -0.953. The number of allylic oxidation sites excluding steroid dienone is 2.